The van der Waals surface area contributed by atoms with Crippen molar-refractivity contribution in [2.75, 3.05) is 18.4 Å². The highest BCUT2D eigenvalue weighted by Crippen LogP contribution is 2.10. The SMILES string of the molecule is O=C(NCCCNc1cncc(Cl)n1)c1cccc(O)c1. The first kappa shape index (κ1) is 15.1. The van der Waals surface area contributed by atoms with Crippen LogP contribution >= 0.6 is 11.6 Å². The summed E-state index contributed by atoms with van der Waals surface area (Å²) in [5, 5.41) is 15.5. The summed E-state index contributed by atoms with van der Waals surface area (Å²) >= 11 is 5.72. The van der Waals surface area contributed by atoms with Crippen LogP contribution in [0.1, 0.15) is 16.8 Å². The molecule has 0 aliphatic rings. The Balaban J connectivity index is 1.69. The normalized spacial score (nSPS) is 10.1. The van der Waals surface area contributed by atoms with E-state index in [4.69, 9.17) is 11.6 Å². The van der Waals surface area contributed by atoms with E-state index in [1.54, 1.807) is 18.3 Å². The standard InChI is InChI=1S/C14H15ClN4O2/c15-12-8-16-9-13(19-12)17-5-2-6-18-14(21)10-3-1-4-11(20)7-10/h1,3-4,7-9,20H,2,5-6H2,(H,17,19)(H,18,21). The van der Waals surface area contributed by atoms with Gasteiger partial charge < -0.3 is 15.7 Å². The van der Waals surface area contributed by atoms with E-state index in [1.165, 1.54) is 18.3 Å². The fourth-order valence-corrected chi connectivity index (χ4v) is 1.83. The van der Waals surface area contributed by atoms with Crippen LogP contribution in [0, 0.1) is 0 Å². The number of hydrogen-bond acceptors (Lipinski definition) is 5. The lowest BCUT2D eigenvalue weighted by atomic mass is 10.2. The molecule has 0 bridgehead atoms. The minimum absolute atomic E-state index is 0.0730. The molecule has 1 aromatic carbocycles. The van der Waals surface area contributed by atoms with Gasteiger partial charge in [-0.15, -0.1) is 0 Å². The molecule has 0 unspecified atom stereocenters. The van der Waals surface area contributed by atoms with Crippen LogP contribution in [0.3, 0.4) is 0 Å². The molecule has 6 nitrogen and oxygen atoms in total. The van der Waals surface area contributed by atoms with Gasteiger partial charge in [0.25, 0.3) is 5.91 Å². The largest absolute Gasteiger partial charge is 0.508 e. The first-order valence-electron chi connectivity index (χ1n) is 6.44. The average molecular weight is 307 g/mol. The molecule has 0 saturated heterocycles. The van der Waals surface area contributed by atoms with Crippen LogP contribution in [-0.2, 0) is 0 Å². The van der Waals surface area contributed by atoms with E-state index < -0.39 is 0 Å². The van der Waals surface area contributed by atoms with Crippen LogP contribution < -0.4 is 10.6 Å². The van der Waals surface area contributed by atoms with Gasteiger partial charge in [0.15, 0.2) is 0 Å². The van der Waals surface area contributed by atoms with Gasteiger partial charge in [-0.1, -0.05) is 17.7 Å². The molecule has 0 fully saturated rings. The van der Waals surface area contributed by atoms with Crippen molar-refractivity contribution in [1.82, 2.24) is 15.3 Å². The Kier molecular flexibility index (Phi) is 5.34. The van der Waals surface area contributed by atoms with E-state index in [2.05, 4.69) is 20.6 Å². The predicted molar refractivity (Wildman–Crippen MR) is 80.6 cm³/mol. The lowest BCUT2D eigenvalue weighted by molar-refractivity contribution is 0.0953. The first-order chi connectivity index (χ1) is 10.1. The second kappa shape index (κ2) is 7.44. The molecular formula is C14H15ClN4O2. The van der Waals surface area contributed by atoms with Crippen LogP contribution in [0.2, 0.25) is 5.15 Å². The summed E-state index contributed by atoms with van der Waals surface area (Å²) in [5.41, 5.74) is 0.434. The quantitative estimate of drug-likeness (QED) is 0.711. The number of nitrogens with one attached hydrogen (secondary N) is 2. The third-order valence-electron chi connectivity index (χ3n) is 2.66. The van der Waals surface area contributed by atoms with Gasteiger partial charge in [0.2, 0.25) is 0 Å². The molecule has 110 valence electrons. The van der Waals surface area contributed by atoms with Crippen molar-refractivity contribution in [1.29, 1.82) is 0 Å². The van der Waals surface area contributed by atoms with Gasteiger partial charge in [-0.05, 0) is 24.6 Å². The topological polar surface area (TPSA) is 87.1 Å². The molecule has 2 rings (SSSR count). The fourth-order valence-electron chi connectivity index (χ4n) is 1.68. The average Bonchev–Trinajstić information content (AvgIpc) is 2.47. The third-order valence-corrected chi connectivity index (χ3v) is 2.84. The Morgan fingerprint density at radius 3 is 2.90 bits per heavy atom. The summed E-state index contributed by atoms with van der Waals surface area (Å²) in [6.45, 7) is 1.14. The smallest absolute Gasteiger partial charge is 0.251 e. The summed E-state index contributed by atoms with van der Waals surface area (Å²) < 4.78 is 0. The van der Waals surface area contributed by atoms with E-state index >= 15 is 0 Å². The lowest BCUT2D eigenvalue weighted by Gasteiger charge is -2.07. The molecule has 21 heavy (non-hydrogen) atoms. The molecule has 0 radical (unpaired) electrons. The van der Waals surface area contributed by atoms with Crippen molar-refractivity contribution < 1.29 is 9.90 Å². The second-order valence-electron chi connectivity index (χ2n) is 4.31. The van der Waals surface area contributed by atoms with Crippen molar-refractivity contribution in [3.63, 3.8) is 0 Å². The highest BCUT2D eigenvalue weighted by molar-refractivity contribution is 6.29. The van der Waals surface area contributed by atoms with Crippen molar-refractivity contribution in [3.8, 4) is 5.75 Å². The maximum absolute atomic E-state index is 11.8. The summed E-state index contributed by atoms with van der Waals surface area (Å²) in [4.78, 5) is 19.7. The Morgan fingerprint density at radius 2 is 2.14 bits per heavy atom. The number of nitrogens with zero attached hydrogens (tertiary/aromatic N) is 2. The number of carbonyl (C=O) groups excluding carboxylic acids is 1. The summed E-state index contributed by atoms with van der Waals surface area (Å²) in [7, 11) is 0. The van der Waals surface area contributed by atoms with Crippen LogP contribution in [0.4, 0.5) is 5.82 Å². The second-order valence-corrected chi connectivity index (χ2v) is 4.70. The minimum atomic E-state index is -0.214. The molecular weight excluding hydrogens is 292 g/mol. The van der Waals surface area contributed by atoms with Crippen molar-refractivity contribution in [2.24, 2.45) is 0 Å². The first-order valence-corrected chi connectivity index (χ1v) is 6.81. The number of carbonyl (C=O) groups is 1. The molecule has 0 atom stereocenters. The van der Waals surface area contributed by atoms with Crippen LogP contribution in [0.15, 0.2) is 36.7 Å². The number of benzene rings is 1. The zero-order valence-electron chi connectivity index (χ0n) is 11.2. The highest BCUT2D eigenvalue weighted by atomic mass is 35.5. The molecule has 0 saturated carbocycles. The lowest BCUT2D eigenvalue weighted by Crippen LogP contribution is -2.25. The third kappa shape index (κ3) is 4.92. The molecule has 2 aromatic rings. The molecule has 1 amide bonds. The zero-order valence-corrected chi connectivity index (χ0v) is 12.0. The maximum Gasteiger partial charge on any atom is 0.251 e. The molecule has 0 spiro atoms. The van der Waals surface area contributed by atoms with E-state index in [-0.39, 0.29) is 11.7 Å². The van der Waals surface area contributed by atoms with Crippen LogP contribution in [0.25, 0.3) is 0 Å². The Bertz CT molecular complexity index is 621. The van der Waals surface area contributed by atoms with Crippen LogP contribution in [-0.4, -0.2) is 34.1 Å². The highest BCUT2D eigenvalue weighted by Gasteiger charge is 2.04. The Hall–Kier alpha value is -2.34. The molecule has 1 heterocycles. The number of halogens is 1. The number of anilines is 1. The Morgan fingerprint density at radius 1 is 1.29 bits per heavy atom. The number of aromatic hydroxyl groups is 1. The molecule has 0 aliphatic carbocycles. The minimum Gasteiger partial charge on any atom is -0.508 e. The number of aromatic nitrogens is 2. The molecule has 3 N–H and O–H groups in total. The van der Waals surface area contributed by atoms with Crippen molar-refractivity contribution in [3.05, 3.63) is 47.4 Å². The fraction of sp³-hybridized carbons (Fsp3) is 0.214. The van der Waals surface area contributed by atoms with E-state index in [0.29, 0.717) is 29.6 Å². The predicted octanol–water partition coefficient (Wildman–Crippen LogP) is 2.07. The van der Waals surface area contributed by atoms with E-state index in [9.17, 15) is 9.90 Å². The van der Waals surface area contributed by atoms with Gasteiger partial charge in [0, 0.05) is 18.7 Å². The van der Waals surface area contributed by atoms with Gasteiger partial charge >= 0.3 is 0 Å². The Labute approximate surface area is 127 Å². The maximum atomic E-state index is 11.8. The number of phenols is 1. The number of phenolic OH excluding ortho intramolecular Hbond substituents is 1. The number of hydrogen-bond donors (Lipinski definition) is 3. The van der Waals surface area contributed by atoms with Gasteiger partial charge in [0.1, 0.15) is 16.7 Å². The summed E-state index contributed by atoms with van der Waals surface area (Å²) in [6.07, 6.45) is 3.76. The van der Waals surface area contributed by atoms with Gasteiger partial charge in [-0.25, -0.2) is 4.98 Å². The van der Waals surface area contributed by atoms with Crippen LogP contribution in [0.5, 0.6) is 5.75 Å². The molecule has 1 aromatic heterocycles. The summed E-state index contributed by atoms with van der Waals surface area (Å²) in [6, 6.07) is 6.22. The van der Waals surface area contributed by atoms with Gasteiger partial charge in [-0.2, -0.15) is 0 Å². The van der Waals surface area contributed by atoms with E-state index in [1.807, 2.05) is 0 Å². The number of amides is 1. The van der Waals surface area contributed by atoms with Gasteiger partial charge in [0.05, 0.1) is 12.4 Å². The monoisotopic (exact) mass is 306 g/mol. The van der Waals surface area contributed by atoms with Gasteiger partial charge in [-0.3, -0.25) is 9.78 Å². The number of rotatable bonds is 6. The van der Waals surface area contributed by atoms with Crippen molar-refractivity contribution in [2.45, 2.75) is 6.42 Å². The molecule has 0 aliphatic heterocycles. The van der Waals surface area contributed by atoms with E-state index in [0.717, 1.165) is 6.42 Å². The van der Waals surface area contributed by atoms with Crippen molar-refractivity contribution >= 4 is 23.3 Å². The molecule has 7 heteroatoms. The summed E-state index contributed by atoms with van der Waals surface area (Å²) in [5.74, 6) is 0.458. The zero-order chi connectivity index (χ0) is 15.1.